The standard InChI is InChI=1S/C12H14ClFN2O/c13-9-2-1-3-10(14)11(9)16-12(17)7-4-5-8(15)6-7/h1-3,7-8H,4-6,15H2,(H,16,17). The molecule has 1 fully saturated rings. The number of para-hydroxylation sites is 1. The molecule has 0 spiro atoms. The van der Waals surface area contributed by atoms with Gasteiger partial charge in [0.15, 0.2) is 0 Å². The number of amides is 1. The highest BCUT2D eigenvalue weighted by Gasteiger charge is 2.28. The van der Waals surface area contributed by atoms with Crippen LogP contribution >= 0.6 is 11.6 Å². The SMILES string of the molecule is NC1CCC(C(=O)Nc2c(F)cccc2Cl)C1. The van der Waals surface area contributed by atoms with E-state index in [1.807, 2.05) is 0 Å². The summed E-state index contributed by atoms with van der Waals surface area (Å²) >= 11 is 5.83. The normalized spacial score (nSPS) is 23.7. The van der Waals surface area contributed by atoms with Crippen molar-refractivity contribution in [1.29, 1.82) is 0 Å². The number of hydrogen-bond donors (Lipinski definition) is 2. The molecule has 1 aromatic carbocycles. The first-order valence-electron chi connectivity index (χ1n) is 5.58. The van der Waals surface area contributed by atoms with Gasteiger partial charge < -0.3 is 11.1 Å². The average Bonchev–Trinajstić information content (AvgIpc) is 2.70. The van der Waals surface area contributed by atoms with E-state index in [0.29, 0.717) is 6.42 Å². The zero-order valence-corrected chi connectivity index (χ0v) is 10.0. The van der Waals surface area contributed by atoms with Crippen molar-refractivity contribution in [2.75, 3.05) is 5.32 Å². The van der Waals surface area contributed by atoms with Crippen molar-refractivity contribution >= 4 is 23.2 Å². The van der Waals surface area contributed by atoms with Crippen molar-refractivity contribution in [3.63, 3.8) is 0 Å². The van der Waals surface area contributed by atoms with E-state index in [1.54, 1.807) is 6.07 Å². The third-order valence-corrected chi connectivity index (χ3v) is 3.37. The minimum absolute atomic E-state index is 0.0552. The summed E-state index contributed by atoms with van der Waals surface area (Å²) in [6.07, 6.45) is 2.24. The molecule has 5 heteroatoms. The first-order valence-corrected chi connectivity index (χ1v) is 5.96. The zero-order chi connectivity index (χ0) is 12.4. The molecule has 1 aromatic rings. The first kappa shape index (κ1) is 12.3. The van der Waals surface area contributed by atoms with E-state index in [1.165, 1.54) is 12.1 Å². The molecule has 17 heavy (non-hydrogen) atoms. The van der Waals surface area contributed by atoms with Crippen LogP contribution in [0.1, 0.15) is 19.3 Å². The van der Waals surface area contributed by atoms with Gasteiger partial charge >= 0.3 is 0 Å². The molecule has 2 unspecified atom stereocenters. The summed E-state index contributed by atoms with van der Waals surface area (Å²) in [4.78, 5) is 11.9. The second-order valence-corrected chi connectivity index (χ2v) is 4.76. The quantitative estimate of drug-likeness (QED) is 0.854. The molecule has 0 heterocycles. The van der Waals surface area contributed by atoms with Crippen LogP contribution in [-0.4, -0.2) is 11.9 Å². The van der Waals surface area contributed by atoms with Gasteiger partial charge in [0.1, 0.15) is 5.82 Å². The monoisotopic (exact) mass is 256 g/mol. The summed E-state index contributed by atoms with van der Waals surface area (Å²) in [6.45, 7) is 0. The highest BCUT2D eigenvalue weighted by atomic mass is 35.5. The molecule has 2 rings (SSSR count). The minimum atomic E-state index is -0.520. The van der Waals surface area contributed by atoms with Crippen molar-refractivity contribution in [2.45, 2.75) is 25.3 Å². The van der Waals surface area contributed by atoms with E-state index >= 15 is 0 Å². The highest BCUT2D eigenvalue weighted by molar-refractivity contribution is 6.33. The molecule has 0 aromatic heterocycles. The van der Waals surface area contributed by atoms with Crippen molar-refractivity contribution < 1.29 is 9.18 Å². The molecule has 0 saturated heterocycles. The van der Waals surface area contributed by atoms with Crippen LogP contribution in [0, 0.1) is 11.7 Å². The van der Waals surface area contributed by atoms with Gasteiger partial charge in [-0.15, -0.1) is 0 Å². The largest absolute Gasteiger partial charge is 0.328 e. The maximum absolute atomic E-state index is 13.5. The van der Waals surface area contributed by atoms with Crippen LogP contribution in [0.5, 0.6) is 0 Å². The topological polar surface area (TPSA) is 55.1 Å². The number of carbonyl (C=O) groups excluding carboxylic acids is 1. The summed E-state index contributed by atoms with van der Waals surface area (Å²) in [6, 6.07) is 4.38. The first-order chi connectivity index (χ1) is 8.08. The van der Waals surface area contributed by atoms with E-state index in [4.69, 9.17) is 17.3 Å². The van der Waals surface area contributed by atoms with Crippen LogP contribution in [-0.2, 0) is 4.79 Å². The van der Waals surface area contributed by atoms with Crippen LogP contribution in [0.15, 0.2) is 18.2 Å². The Morgan fingerprint density at radius 1 is 1.47 bits per heavy atom. The van der Waals surface area contributed by atoms with Crippen LogP contribution < -0.4 is 11.1 Å². The molecule has 3 nitrogen and oxygen atoms in total. The van der Waals surface area contributed by atoms with Crippen LogP contribution in [0.25, 0.3) is 0 Å². The Kier molecular flexibility index (Phi) is 3.64. The van der Waals surface area contributed by atoms with Crippen molar-refractivity contribution in [3.05, 3.63) is 29.0 Å². The predicted octanol–water partition coefficient (Wildman–Crippen LogP) is 2.55. The number of carbonyl (C=O) groups is 1. The second kappa shape index (κ2) is 5.02. The molecule has 0 aliphatic heterocycles. The fourth-order valence-corrected chi connectivity index (χ4v) is 2.31. The van der Waals surface area contributed by atoms with Gasteiger partial charge in [0, 0.05) is 12.0 Å². The molecule has 0 bridgehead atoms. The molecule has 92 valence electrons. The third-order valence-electron chi connectivity index (χ3n) is 3.05. The highest BCUT2D eigenvalue weighted by Crippen LogP contribution is 2.29. The molecule has 2 atom stereocenters. The lowest BCUT2D eigenvalue weighted by atomic mass is 10.1. The number of benzene rings is 1. The van der Waals surface area contributed by atoms with Gasteiger partial charge in [-0.3, -0.25) is 4.79 Å². The Bertz CT molecular complexity index is 418. The van der Waals surface area contributed by atoms with Gasteiger partial charge in [-0.1, -0.05) is 17.7 Å². The van der Waals surface area contributed by atoms with E-state index < -0.39 is 5.82 Å². The summed E-state index contributed by atoms with van der Waals surface area (Å²) in [7, 11) is 0. The van der Waals surface area contributed by atoms with Gasteiger partial charge in [0.2, 0.25) is 5.91 Å². The van der Waals surface area contributed by atoms with Crippen LogP contribution in [0.4, 0.5) is 10.1 Å². The lowest BCUT2D eigenvalue weighted by Crippen LogP contribution is -2.23. The number of rotatable bonds is 2. The fourth-order valence-electron chi connectivity index (χ4n) is 2.10. The molecular formula is C12H14ClFN2O. The Hall–Kier alpha value is -1.13. The summed E-state index contributed by atoms with van der Waals surface area (Å²) < 4.78 is 13.5. The van der Waals surface area contributed by atoms with Gasteiger partial charge in [0.25, 0.3) is 0 Å². The van der Waals surface area contributed by atoms with Crippen molar-refractivity contribution in [1.82, 2.24) is 0 Å². The Labute approximate surface area is 104 Å². The number of nitrogens with one attached hydrogen (secondary N) is 1. The maximum Gasteiger partial charge on any atom is 0.227 e. The average molecular weight is 257 g/mol. The summed E-state index contributed by atoms with van der Waals surface area (Å²) in [5, 5.41) is 2.75. The molecular weight excluding hydrogens is 243 g/mol. The molecule has 0 radical (unpaired) electrons. The van der Waals surface area contributed by atoms with Crippen LogP contribution in [0.3, 0.4) is 0 Å². The minimum Gasteiger partial charge on any atom is -0.328 e. The van der Waals surface area contributed by atoms with Gasteiger partial charge in [-0.25, -0.2) is 4.39 Å². The third kappa shape index (κ3) is 2.76. The number of nitrogens with two attached hydrogens (primary N) is 1. The van der Waals surface area contributed by atoms with E-state index in [0.717, 1.165) is 12.8 Å². The zero-order valence-electron chi connectivity index (χ0n) is 9.25. The smallest absolute Gasteiger partial charge is 0.227 e. The second-order valence-electron chi connectivity index (χ2n) is 4.36. The number of halogens is 2. The summed E-state index contributed by atoms with van der Waals surface area (Å²) in [5.41, 5.74) is 5.79. The van der Waals surface area contributed by atoms with E-state index in [2.05, 4.69) is 5.32 Å². The predicted molar refractivity (Wildman–Crippen MR) is 65.4 cm³/mol. The lowest BCUT2D eigenvalue weighted by Gasteiger charge is -2.12. The number of hydrogen-bond acceptors (Lipinski definition) is 2. The van der Waals surface area contributed by atoms with E-state index in [-0.39, 0.29) is 28.6 Å². The maximum atomic E-state index is 13.5. The van der Waals surface area contributed by atoms with Gasteiger partial charge in [0.05, 0.1) is 10.7 Å². The molecule has 1 aliphatic carbocycles. The number of anilines is 1. The Morgan fingerprint density at radius 2 is 2.24 bits per heavy atom. The molecule has 1 saturated carbocycles. The molecule has 1 aliphatic rings. The molecule has 3 N–H and O–H groups in total. The lowest BCUT2D eigenvalue weighted by molar-refractivity contribution is -0.119. The fraction of sp³-hybridized carbons (Fsp3) is 0.417. The van der Waals surface area contributed by atoms with Crippen molar-refractivity contribution in [3.8, 4) is 0 Å². The summed E-state index contributed by atoms with van der Waals surface area (Å²) in [5.74, 6) is -0.862. The van der Waals surface area contributed by atoms with E-state index in [9.17, 15) is 9.18 Å². The Morgan fingerprint density at radius 3 is 2.82 bits per heavy atom. The van der Waals surface area contributed by atoms with Gasteiger partial charge in [-0.2, -0.15) is 0 Å². The van der Waals surface area contributed by atoms with Gasteiger partial charge in [-0.05, 0) is 31.4 Å². The van der Waals surface area contributed by atoms with Crippen LogP contribution in [0.2, 0.25) is 5.02 Å². The van der Waals surface area contributed by atoms with Crippen molar-refractivity contribution in [2.24, 2.45) is 11.7 Å². The molecule has 1 amide bonds. The Balaban J connectivity index is 2.08.